The van der Waals surface area contributed by atoms with E-state index in [-0.39, 0.29) is 0 Å². The Balaban J connectivity index is 2.23. The van der Waals surface area contributed by atoms with Gasteiger partial charge in [-0.3, -0.25) is 0 Å². The van der Waals surface area contributed by atoms with Crippen LogP contribution < -0.4 is 16.4 Å². The molecule has 0 radical (unpaired) electrons. The molecule has 0 unspecified atom stereocenters. The molecule has 0 atom stereocenters. The Bertz CT molecular complexity index is 319. The van der Waals surface area contributed by atoms with Crippen molar-refractivity contribution >= 4 is 11.8 Å². The molecule has 1 aromatic heterocycles. The van der Waals surface area contributed by atoms with Crippen LogP contribution in [0.4, 0.5) is 11.8 Å². The van der Waals surface area contributed by atoms with E-state index in [2.05, 4.69) is 14.9 Å². The number of nitrogens with zero attached hydrogens (tertiary/aromatic N) is 3. The second-order valence-corrected chi connectivity index (χ2v) is 3.48. The van der Waals surface area contributed by atoms with E-state index in [4.69, 9.17) is 11.5 Å². The third kappa shape index (κ3) is 1.63. The van der Waals surface area contributed by atoms with Crippen LogP contribution in [0.3, 0.4) is 0 Å². The Hall–Kier alpha value is -1.36. The number of rotatable bonds is 2. The van der Waals surface area contributed by atoms with E-state index in [1.165, 1.54) is 12.8 Å². The van der Waals surface area contributed by atoms with Crippen molar-refractivity contribution in [2.45, 2.75) is 19.4 Å². The first-order valence-electron chi connectivity index (χ1n) is 4.87. The van der Waals surface area contributed by atoms with Gasteiger partial charge in [0.05, 0.1) is 0 Å². The minimum atomic E-state index is 0.395. The van der Waals surface area contributed by atoms with Crippen molar-refractivity contribution in [3.63, 3.8) is 0 Å². The van der Waals surface area contributed by atoms with Gasteiger partial charge in [-0.1, -0.05) is 0 Å². The number of hydrogen-bond acceptors (Lipinski definition) is 5. The predicted octanol–water partition coefficient (Wildman–Crippen LogP) is 0.118. The van der Waals surface area contributed by atoms with Crippen molar-refractivity contribution in [2.75, 3.05) is 23.7 Å². The number of aromatic nitrogens is 2. The van der Waals surface area contributed by atoms with Gasteiger partial charge in [0.25, 0.3) is 0 Å². The van der Waals surface area contributed by atoms with Gasteiger partial charge in [-0.2, -0.15) is 4.98 Å². The maximum Gasteiger partial charge on any atom is 0.227 e. The molecule has 1 saturated heterocycles. The minimum Gasteiger partial charge on any atom is -0.383 e. The molecular formula is C9H15N5. The van der Waals surface area contributed by atoms with Gasteiger partial charge in [-0.15, -0.1) is 0 Å². The second-order valence-electron chi connectivity index (χ2n) is 3.48. The minimum absolute atomic E-state index is 0.395. The first-order valence-corrected chi connectivity index (χ1v) is 4.87. The molecule has 1 aromatic rings. The van der Waals surface area contributed by atoms with E-state index in [1.54, 1.807) is 6.20 Å². The molecule has 0 bridgehead atoms. The zero-order valence-corrected chi connectivity index (χ0v) is 8.11. The van der Waals surface area contributed by atoms with Gasteiger partial charge in [0.1, 0.15) is 5.82 Å². The second kappa shape index (κ2) is 3.79. The summed E-state index contributed by atoms with van der Waals surface area (Å²) in [4.78, 5) is 10.6. The molecule has 1 aliphatic rings. The van der Waals surface area contributed by atoms with Gasteiger partial charge in [0.15, 0.2) is 0 Å². The lowest BCUT2D eigenvalue weighted by atomic mass is 10.3. The lowest BCUT2D eigenvalue weighted by Gasteiger charge is -2.15. The standard InChI is InChI=1S/C9H15N5/c10-5-7-6-12-9(13-8(7)11)14-3-1-2-4-14/h6H,1-5,10H2,(H2,11,12,13). The predicted molar refractivity (Wildman–Crippen MR) is 55.8 cm³/mol. The summed E-state index contributed by atoms with van der Waals surface area (Å²) in [7, 11) is 0. The van der Waals surface area contributed by atoms with Crippen molar-refractivity contribution in [1.82, 2.24) is 9.97 Å². The number of nitrogen functional groups attached to an aromatic ring is 1. The molecule has 0 saturated carbocycles. The highest BCUT2D eigenvalue weighted by Crippen LogP contribution is 2.17. The molecule has 0 spiro atoms. The fraction of sp³-hybridized carbons (Fsp3) is 0.556. The summed E-state index contributed by atoms with van der Waals surface area (Å²) in [5, 5.41) is 0. The summed E-state index contributed by atoms with van der Waals surface area (Å²) in [6.45, 7) is 2.45. The van der Waals surface area contributed by atoms with Crippen molar-refractivity contribution in [1.29, 1.82) is 0 Å². The van der Waals surface area contributed by atoms with Crippen molar-refractivity contribution < 1.29 is 0 Å². The Labute approximate surface area is 83.1 Å². The first-order chi connectivity index (χ1) is 6.81. The van der Waals surface area contributed by atoms with Crippen molar-refractivity contribution in [2.24, 2.45) is 5.73 Å². The molecule has 5 nitrogen and oxygen atoms in total. The van der Waals surface area contributed by atoms with Crippen LogP contribution >= 0.6 is 0 Å². The van der Waals surface area contributed by atoms with Gasteiger partial charge < -0.3 is 16.4 Å². The van der Waals surface area contributed by atoms with Gasteiger partial charge >= 0.3 is 0 Å². The Morgan fingerprint density at radius 1 is 1.36 bits per heavy atom. The van der Waals surface area contributed by atoms with E-state index < -0.39 is 0 Å². The van der Waals surface area contributed by atoms with Gasteiger partial charge in [0, 0.05) is 31.4 Å². The average molecular weight is 193 g/mol. The summed E-state index contributed by atoms with van der Waals surface area (Å²) in [6, 6.07) is 0. The van der Waals surface area contributed by atoms with Crippen LogP contribution in [0.25, 0.3) is 0 Å². The van der Waals surface area contributed by atoms with Gasteiger partial charge in [0.2, 0.25) is 5.95 Å². The van der Waals surface area contributed by atoms with Gasteiger partial charge in [-0.05, 0) is 12.8 Å². The molecule has 1 fully saturated rings. The summed E-state index contributed by atoms with van der Waals surface area (Å²) >= 11 is 0. The maximum absolute atomic E-state index is 5.74. The highest BCUT2D eigenvalue weighted by Gasteiger charge is 2.15. The zero-order chi connectivity index (χ0) is 9.97. The summed E-state index contributed by atoms with van der Waals surface area (Å²) in [5.41, 5.74) is 12.0. The zero-order valence-electron chi connectivity index (χ0n) is 8.11. The fourth-order valence-corrected chi connectivity index (χ4v) is 1.64. The molecule has 5 heteroatoms. The highest BCUT2D eigenvalue weighted by molar-refractivity contribution is 5.44. The van der Waals surface area contributed by atoms with E-state index in [1.807, 2.05) is 0 Å². The topological polar surface area (TPSA) is 81.1 Å². The molecule has 1 aliphatic heterocycles. The molecule has 0 aromatic carbocycles. The quantitative estimate of drug-likeness (QED) is 0.697. The third-order valence-electron chi connectivity index (χ3n) is 2.49. The van der Waals surface area contributed by atoms with E-state index in [0.717, 1.165) is 24.6 Å². The number of nitrogens with two attached hydrogens (primary N) is 2. The van der Waals surface area contributed by atoms with Crippen LogP contribution in [0, 0.1) is 0 Å². The Morgan fingerprint density at radius 2 is 2.07 bits per heavy atom. The van der Waals surface area contributed by atoms with Crippen molar-refractivity contribution in [3.05, 3.63) is 11.8 Å². The molecule has 0 aliphatic carbocycles. The molecule has 0 amide bonds. The molecule has 2 heterocycles. The Kier molecular flexibility index (Phi) is 2.49. The third-order valence-corrected chi connectivity index (χ3v) is 2.49. The number of hydrogen-bond donors (Lipinski definition) is 2. The van der Waals surface area contributed by atoms with Crippen molar-refractivity contribution in [3.8, 4) is 0 Å². The maximum atomic E-state index is 5.74. The van der Waals surface area contributed by atoms with Crippen LogP contribution in [-0.4, -0.2) is 23.1 Å². The molecular weight excluding hydrogens is 178 g/mol. The fourth-order valence-electron chi connectivity index (χ4n) is 1.64. The smallest absolute Gasteiger partial charge is 0.227 e. The van der Waals surface area contributed by atoms with Crippen LogP contribution in [0.2, 0.25) is 0 Å². The molecule has 76 valence electrons. The largest absolute Gasteiger partial charge is 0.383 e. The summed E-state index contributed by atoms with van der Waals surface area (Å²) < 4.78 is 0. The van der Waals surface area contributed by atoms with Crippen LogP contribution in [-0.2, 0) is 6.54 Å². The monoisotopic (exact) mass is 193 g/mol. The molecule has 14 heavy (non-hydrogen) atoms. The van der Waals surface area contributed by atoms with Crippen LogP contribution in [0.5, 0.6) is 0 Å². The van der Waals surface area contributed by atoms with Crippen LogP contribution in [0.1, 0.15) is 18.4 Å². The average Bonchev–Trinajstić information content (AvgIpc) is 2.70. The lowest BCUT2D eigenvalue weighted by molar-refractivity contribution is 0.889. The molecule has 4 N–H and O–H groups in total. The van der Waals surface area contributed by atoms with E-state index >= 15 is 0 Å². The summed E-state index contributed by atoms with van der Waals surface area (Å²) in [5.74, 6) is 1.24. The SMILES string of the molecule is NCc1cnc(N2CCCC2)nc1N. The highest BCUT2D eigenvalue weighted by atomic mass is 15.3. The van der Waals surface area contributed by atoms with E-state index in [9.17, 15) is 0 Å². The van der Waals surface area contributed by atoms with Crippen LogP contribution in [0.15, 0.2) is 6.20 Å². The number of anilines is 2. The van der Waals surface area contributed by atoms with E-state index in [0.29, 0.717) is 12.4 Å². The lowest BCUT2D eigenvalue weighted by Crippen LogP contribution is -2.21. The first kappa shape index (κ1) is 9.21. The van der Waals surface area contributed by atoms with Gasteiger partial charge in [-0.25, -0.2) is 4.98 Å². The Morgan fingerprint density at radius 3 is 2.64 bits per heavy atom. The normalized spacial score (nSPS) is 16.2. The summed E-state index contributed by atoms with van der Waals surface area (Å²) in [6.07, 6.45) is 4.14. The molecule has 2 rings (SSSR count).